The average Bonchev–Trinajstić information content (AvgIpc) is 2.66. The van der Waals surface area contributed by atoms with Crippen LogP contribution in [0, 0.1) is 24.4 Å². The predicted octanol–water partition coefficient (Wildman–Crippen LogP) is 6.90. The van der Waals surface area contributed by atoms with Gasteiger partial charge in [-0.15, -0.1) is 0 Å². The molecule has 0 aromatic heterocycles. The van der Waals surface area contributed by atoms with E-state index in [-0.39, 0.29) is 16.5 Å². The first kappa shape index (κ1) is 16.4. The van der Waals surface area contributed by atoms with Crippen molar-refractivity contribution in [3.63, 3.8) is 0 Å². The summed E-state index contributed by atoms with van der Waals surface area (Å²) in [5, 5.41) is 0.0105. The van der Waals surface area contributed by atoms with E-state index < -0.39 is 17.5 Å². The SMILES string of the molecule is Cc1ccc(-c2cc3ccc(-c4ccccc4)c(F)c3c(F)c2F)cc1. The van der Waals surface area contributed by atoms with Gasteiger partial charge in [0.15, 0.2) is 11.6 Å². The Bertz CT molecular complexity index is 1100. The van der Waals surface area contributed by atoms with E-state index in [1.54, 1.807) is 48.5 Å². The normalized spacial score (nSPS) is 11.1. The Morgan fingerprint density at radius 3 is 1.92 bits per heavy atom. The molecule has 0 heterocycles. The van der Waals surface area contributed by atoms with Gasteiger partial charge >= 0.3 is 0 Å². The summed E-state index contributed by atoms with van der Waals surface area (Å²) in [6.45, 7) is 1.92. The maximum atomic E-state index is 15.0. The van der Waals surface area contributed by atoms with E-state index >= 15 is 0 Å². The number of halogens is 3. The quantitative estimate of drug-likeness (QED) is 0.370. The summed E-state index contributed by atoms with van der Waals surface area (Å²) in [6.07, 6.45) is 0. The summed E-state index contributed by atoms with van der Waals surface area (Å²) in [4.78, 5) is 0. The molecule has 0 aliphatic rings. The highest BCUT2D eigenvalue weighted by atomic mass is 19.2. The minimum Gasteiger partial charge on any atom is -0.206 e. The Balaban J connectivity index is 1.96. The van der Waals surface area contributed by atoms with Crippen LogP contribution in [-0.4, -0.2) is 0 Å². The first-order valence-corrected chi connectivity index (χ1v) is 8.29. The third-order valence-corrected chi connectivity index (χ3v) is 4.57. The minimum atomic E-state index is -1.16. The molecular formula is C23H15F3. The topological polar surface area (TPSA) is 0 Å². The van der Waals surface area contributed by atoms with E-state index in [0.29, 0.717) is 16.5 Å². The monoisotopic (exact) mass is 348 g/mol. The summed E-state index contributed by atoms with van der Waals surface area (Å²) in [7, 11) is 0. The third kappa shape index (κ3) is 2.66. The van der Waals surface area contributed by atoms with Crippen molar-refractivity contribution < 1.29 is 13.2 Å². The Morgan fingerprint density at radius 1 is 0.577 bits per heavy atom. The molecule has 0 atom stereocenters. The number of hydrogen-bond donors (Lipinski definition) is 0. The lowest BCUT2D eigenvalue weighted by Gasteiger charge is -2.12. The molecule has 0 aliphatic carbocycles. The second-order valence-electron chi connectivity index (χ2n) is 6.31. The molecule has 3 heteroatoms. The first-order chi connectivity index (χ1) is 12.6. The van der Waals surface area contributed by atoms with Gasteiger partial charge in [0.25, 0.3) is 0 Å². The molecule has 0 aliphatic heterocycles. The molecule has 0 spiro atoms. The Hall–Kier alpha value is -3.07. The fourth-order valence-electron chi connectivity index (χ4n) is 3.17. The van der Waals surface area contributed by atoms with Gasteiger partial charge in [-0.05, 0) is 29.5 Å². The molecule has 4 rings (SSSR count). The Kier molecular flexibility index (Phi) is 4.00. The van der Waals surface area contributed by atoms with Gasteiger partial charge < -0.3 is 0 Å². The van der Waals surface area contributed by atoms with E-state index in [4.69, 9.17) is 0 Å². The van der Waals surface area contributed by atoms with Crippen LogP contribution in [0.5, 0.6) is 0 Å². The Morgan fingerprint density at radius 2 is 1.23 bits per heavy atom. The lowest BCUT2D eigenvalue weighted by atomic mass is 9.95. The molecule has 0 N–H and O–H groups in total. The molecule has 0 nitrogen and oxygen atoms in total. The van der Waals surface area contributed by atoms with Crippen molar-refractivity contribution in [2.24, 2.45) is 0 Å². The number of hydrogen-bond acceptors (Lipinski definition) is 0. The highest BCUT2D eigenvalue weighted by Crippen LogP contribution is 2.35. The summed E-state index contributed by atoms with van der Waals surface area (Å²) >= 11 is 0. The predicted molar refractivity (Wildman–Crippen MR) is 99.4 cm³/mol. The van der Waals surface area contributed by atoms with Crippen LogP contribution in [-0.2, 0) is 0 Å². The fraction of sp³-hybridized carbons (Fsp3) is 0.0435. The van der Waals surface area contributed by atoms with Gasteiger partial charge in [-0.25, -0.2) is 13.2 Å². The molecular weight excluding hydrogens is 333 g/mol. The van der Waals surface area contributed by atoms with Gasteiger partial charge in [0.1, 0.15) is 5.82 Å². The maximum absolute atomic E-state index is 15.0. The molecule has 4 aromatic carbocycles. The summed E-state index contributed by atoms with van der Waals surface area (Å²) in [5.41, 5.74) is 2.58. The molecule has 0 unspecified atom stereocenters. The van der Waals surface area contributed by atoms with Crippen molar-refractivity contribution in [1.82, 2.24) is 0 Å². The second kappa shape index (κ2) is 6.34. The summed E-state index contributed by atoms with van der Waals surface area (Å²) < 4.78 is 44.4. The zero-order valence-corrected chi connectivity index (χ0v) is 14.1. The fourth-order valence-corrected chi connectivity index (χ4v) is 3.17. The van der Waals surface area contributed by atoms with Gasteiger partial charge in [-0.1, -0.05) is 72.3 Å². The molecule has 0 saturated carbocycles. The highest BCUT2D eigenvalue weighted by Gasteiger charge is 2.20. The van der Waals surface area contributed by atoms with Crippen molar-refractivity contribution >= 4 is 10.8 Å². The molecule has 0 radical (unpaired) electrons. The number of benzene rings is 4. The number of rotatable bonds is 2. The van der Waals surface area contributed by atoms with Gasteiger partial charge in [-0.2, -0.15) is 0 Å². The van der Waals surface area contributed by atoms with Gasteiger partial charge in [-0.3, -0.25) is 0 Å². The molecule has 128 valence electrons. The van der Waals surface area contributed by atoms with Gasteiger partial charge in [0.2, 0.25) is 0 Å². The van der Waals surface area contributed by atoms with Crippen LogP contribution in [0.15, 0.2) is 72.8 Å². The van der Waals surface area contributed by atoms with Crippen molar-refractivity contribution in [3.05, 3.63) is 95.8 Å². The summed E-state index contributed by atoms with van der Waals surface area (Å²) in [5.74, 6) is -2.95. The largest absolute Gasteiger partial charge is 0.206 e. The number of aryl methyl sites for hydroxylation is 1. The third-order valence-electron chi connectivity index (χ3n) is 4.57. The zero-order chi connectivity index (χ0) is 18.3. The van der Waals surface area contributed by atoms with Gasteiger partial charge in [0.05, 0.1) is 5.39 Å². The second-order valence-corrected chi connectivity index (χ2v) is 6.31. The van der Waals surface area contributed by atoms with E-state index in [0.717, 1.165) is 5.56 Å². The summed E-state index contributed by atoms with van der Waals surface area (Å²) in [6, 6.07) is 20.7. The lowest BCUT2D eigenvalue weighted by molar-refractivity contribution is 0.514. The zero-order valence-electron chi connectivity index (χ0n) is 14.1. The highest BCUT2D eigenvalue weighted by molar-refractivity contribution is 5.92. The van der Waals surface area contributed by atoms with Crippen molar-refractivity contribution in [2.45, 2.75) is 6.92 Å². The van der Waals surface area contributed by atoms with Crippen LogP contribution in [0.2, 0.25) is 0 Å². The average molecular weight is 348 g/mol. The standard InChI is InChI=1S/C23H15F3/c1-14-7-9-16(10-8-14)19-13-17-11-12-18(15-5-3-2-4-6-15)21(24)20(17)23(26)22(19)25/h2-13H,1H3. The van der Waals surface area contributed by atoms with Crippen LogP contribution in [0.3, 0.4) is 0 Å². The molecule has 26 heavy (non-hydrogen) atoms. The van der Waals surface area contributed by atoms with E-state index in [2.05, 4.69) is 0 Å². The smallest absolute Gasteiger partial charge is 0.170 e. The van der Waals surface area contributed by atoms with E-state index in [9.17, 15) is 13.2 Å². The van der Waals surface area contributed by atoms with Crippen LogP contribution >= 0.6 is 0 Å². The Labute approximate surface area is 149 Å². The molecule has 0 bridgehead atoms. The van der Waals surface area contributed by atoms with Crippen molar-refractivity contribution in [1.29, 1.82) is 0 Å². The van der Waals surface area contributed by atoms with Crippen LogP contribution < -0.4 is 0 Å². The lowest BCUT2D eigenvalue weighted by Crippen LogP contribution is -1.96. The molecule has 0 saturated heterocycles. The van der Waals surface area contributed by atoms with Crippen LogP contribution in [0.1, 0.15) is 5.56 Å². The van der Waals surface area contributed by atoms with Crippen LogP contribution in [0.4, 0.5) is 13.2 Å². The molecule has 0 amide bonds. The van der Waals surface area contributed by atoms with Crippen LogP contribution in [0.25, 0.3) is 33.0 Å². The van der Waals surface area contributed by atoms with Gasteiger partial charge in [0, 0.05) is 11.1 Å². The maximum Gasteiger partial charge on any atom is 0.170 e. The molecule has 0 fully saturated rings. The van der Waals surface area contributed by atoms with E-state index in [1.807, 2.05) is 25.1 Å². The molecule has 4 aromatic rings. The van der Waals surface area contributed by atoms with Crippen molar-refractivity contribution in [2.75, 3.05) is 0 Å². The minimum absolute atomic E-state index is 0.127. The first-order valence-electron chi connectivity index (χ1n) is 8.29. The van der Waals surface area contributed by atoms with E-state index in [1.165, 1.54) is 6.07 Å². The number of fused-ring (bicyclic) bond motifs is 1. The van der Waals surface area contributed by atoms with Crippen molar-refractivity contribution in [3.8, 4) is 22.3 Å².